The standard InChI is InChI=1S/C19H19NO2S/c1-11-9-12(2)18(14(4)21)13(3)15(11)10-23-19-20-16-7-5-6-8-17(16)22-19/h5-9H,10H2,1-4H3. The molecule has 0 fully saturated rings. The molecule has 0 aliphatic carbocycles. The van der Waals surface area contributed by atoms with Gasteiger partial charge in [0, 0.05) is 11.3 Å². The van der Waals surface area contributed by atoms with Gasteiger partial charge in [0.15, 0.2) is 11.4 Å². The van der Waals surface area contributed by atoms with Crippen molar-refractivity contribution in [2.24, 2.45) is 0 Å². The lowest BCUT2D eigenvalue weighted by atomic mass is 9.92. The fourth-order valence-corrected chi connectivity index (χ4v) is 4.06. The van der Waals surface area contributed by atoms with Crippen LogP contribution in [0.25, 0.3) is 11.1 Å². The summed E-state index contributed by atoms with van der Waals surface area (Å²) < 4.78 is 5.76. The van der Waals surface area contributed by atoms with Crippen LogP contribution < -0.4 is 0 Å². The maximum atomic E-state index is 11.9. The molecule has 0 saturated heterocycles. The van der Waals surface area contributed by atoms with E-state index in [9.17, 15) is 4.79 Å². The van der Waals surface area contributed by atoms with Crippen LogP contribution in [0.4, 0.5) is 0 Å². The minimum atomic E-state index is 0.119. The molecule has 118 valence electrons. The number of rotatable bonds is 4. The summed E-state index contributed by atoms with van der Waals surface area (Å²) in [7, 11) is 0. The summed E-state index contributed by atoms with van der Waals surface area (Å²) in [5, 5.41) is 0.662. The van der Waals surface area contributed by atoms with E-state index >= 15 is 0 Å². The normalized spacial score (nSPS) is 11.1. The molecular formula is C19H19NO2S. The highest BCUT2D eigenvalue weighted by Gasteiger charge is 2.15. The largest absolute Gasteiger partial charge is 0.431 e. The van der Waals surface area contributed by atoms with Crippen LogP contribution in [-0.2, 0) is 5.75 Å². The number of oxazole rings is 1. The van der Waals surface area contributed by atoms with E-state index in [1.165, 1.54) is 11.1 Å². The van der Waals surface area contributed by atoms with Gasteiger partial charge >= 0.3 is 0 Å². The van der Waals surface area contributed by atoms with Crippen LogP contribution in [0.5, 0.6) is 0 Å². The number of hydrogen-bond donors (Lipinski definition) is 0. The van der Waals surface area contributed by atoms with Crippen molar-refractivity contribution in [3.63, 3.8) is 0 Å². The summed E-state index contributed by atoms with van der Waals surface area (Å²) in [6, 6.07) is 9.84. The predicted octanol–water partition coefficient (Wildman–Crippen LogP) is 5.25. The predicted molar refractivity (Wildman–Crippen MR) is 94.2 cm³/mol. The van der Waals surface area contributed by atoms with Gasteiger partial charge in [-0.15, -0.1) is 0 Å². The zero-order chi connectivity index (χ0) is 16.6. The molecule has 0 saturated carbocycles. The Labute approximate surface area is 140 Å². The molecule has 3 rings (SSSR count). The summed E-state index contributed by atoms with van der Waals surface area (Å²) in [6.07, 6.45) is 0. The maximum absolute atomic E-state index is 11.9. The molecule has 0 bridgehead atoms. The second-order valence-corrected chi connectivity index (χ2v) is 6.71. The molecular weight excluding hydrogens is 306 g/mol. The van der Waals surface area contributed by atoms with Gasteiger partial charge in [0.2, 0.25) is 0 Å². The number of carbonyl (C=O) groups is 1. The van der Waals surface area contributed by atoms with Crippen LogP contribution in [0.1, 0.15) is 39.5 Å². The van der Waals surface area contributed by atoms with Gasteiger partial charge in [0.25, 0.3) is 5.22 Å². The Morgan fingerprint density at radius 2 is 1.91 bits per heavy atom. The first-order valence-electron chi connectivity index (χ1n) is 7.56. The molecule has 0 atom stereocenters. The first-order chi connectivity index (χ1) is 11.0. The van der Waals surface area contributed by atoms with Gasteiger partial charge in [-0.05, 0) is 62.1 Å². The highest BCUT2D eigenvalue weighted by atomic mass is 32.2. The van der Waals surface area contributed by atoms with E-state index < -0.39 is 0 Å². The average Bonchev–Trinajstić information content (AvgIpc) is 2.88. The van der Waals surface area contributed by atoms with Crippen LogP contribution in [0, 0.1) is 20.8 Å². The van der Waals surface area contributed by atoms with Crippen molar-refractivity contribution in [2.75, 3.05) is 0 Å². The van der Waals surface area contributed by atoms with Crippen LogP contribution in [0.3, 0.4) is 0 Å². The maximum Gasteiger partial charge on any atom is 0.257 e. The van der Waals surface area contributed by atoms with Gasteiger partial charge in [-0.3, -0.25) is 4.79 Å². The second kappa shape index (κ2) is 6.20. The molecule has 0 amide bonds. The third kappa shape index (κ3) is 3.04. The quantitative estimate of drug-likeness (QED) is 0.485. The van der Waals surface area contributed by atoms with Crippen LogP contribution >= 0.6 is 11.8 Å². The van der Waals surface area contributed by atoms with Gasteiger partial charge in [-0.2, -0.15) is 0 Å². The van der Waals surface area contributed by atoms with Crippen molar-refractivity contribution >= 4 is 28.6 Å². The Bertz CT molecular complexity index is 863. The van der Waals surface area contributed by atoms with Gasteiger partial charge in [0.05, 0.1) is 0 Å². The summed E-state index contributed by atoms with van der Waals surface area (Å²) in [4.78, 5) is 16.4. The summed E-state index contributed by atoms with van der Waals surface area (Å²) in [5.74, 6) is 0.860. The van der Waals surface area contributed by atoms with Crippen molar-refractivity contribution in [3.05, 3.63) is 58.1 Å². The van der Waals surface area contributed by atoms with E-state index in [2.05, 4.69) is 18.0 Å². The fraction of sp³-hybridized carbons (Fsp3) is 0.263. The van der Waals surface area contributed by atoms with E-state index in [0.717, 1.165) is 33.5 Å². The third-order valence-corrected chi connectivity index (χ3v) is 4.95. The number of hydrogen-bond acceptors (Lipinski definition) is 4. The Hall–Kier alpha value is -2.07. The molecule has 0 spiro atoms. The highest BCUT2D eigenvalue weighted by molar-refractivity contribution is 7.98. The van der Waals surface area contributed by atoms with E-state index in [-0.39, 0.29) is 5.78 Å². The van der Waals surface area contributed by atoms with Gasteiger partial charge in [-0.25, -0.2) is 4.98 Å². The van der Waals surface area contributed by atoms with Crippen molar-refractivity contribution < 1.29 is 9.21 Å². The van der Waals surface area contributed by atoms with E-state index in [1.54, 1.807) is 18.7 Å². The highest BCUT2D eigenvalue weighted by Crippen LogP contribution is 2.31. The minimum absolute atomic E-state index is 0.119. The fourth-order valence-electron chi connectivity index (χ4n) is 3.04. The Morgan fingerprint density at radius 3 is 2.61 bits per heavy atom. The molecule has 0 radical (unpaired) electrons. The number of carbonyl (C=O) groups excluding carboxylic acids is 1. The topological polar surface area (TPSA) is 43.1 Å². The van der Waals surface area contributed by atoms with E-state index in [0.29, 0.717) is 5.22 Å². The molecule has 1 heterocycles. The lowest BCUT2D eigenvalue weighted by Crippen LogP contribution is -2.05. The van der Waals surface area contributed by atoms with Crippen molar-refractivity contribution in [2.45, 2.75) is 38.7 Å². The number of nitrogens with zero attached hydrogens (tertiary/aromatic N) is 1. The first-order valence-corrected chi connectivity index (χ1v) is 8.55. The lowest BCUT2D eigenvalue weighted by molar-refractivity contribution is 0.101. The van der Waals surface area contributed by atoms with Crippen LogP contribution in [0.2, 0.25) is 0 Å². The molecule has 0 aliphatic heterocycles. The van der Waals surface area contributed by atoms with E-state index in [1.807, 2.05) is 38.1 Å². The molecule has 23 heavy (non-hydrogen) atoms. The van der Waals surface area contributed by atoms with Crippen molar-refractivity contribution in [1.82, 2.24) is 4.98 Å². The number of aryl methyl sites for hydroxylation is 2. The van der Waals surface area contributed by atoms with E-state index in [4.69, 9.17) is 4.42 Å². The third-order valence-electron chi connectivity index (χ3n) is 4.10. The average molecular weight is 325 g/mol. The second-order valence-electron chi connectivity index (χ2n) is 5.78. The van der Waals surface area contributed by atoms with Crippen LogP contribution in [-0.4, -0.2) is 10.8 Å². The first kappa shape index (κ1) is 15.8. The molecule has 4 heteroatoms. The zero-order valence-electron chi connectivity index (χ0n) is 13.8. The molecule has 3 nitrogen and oxygen atoms in total. The van der Waals surface area contributed by atoms with Gasteiger partial charge < -0.3 is 4.42 Å². The number of Topliss-reactive ketones (excluding diaryl/α,β-unsaturated/α-hetero) is 1. The molecule has 2 aromatic carbocycles. The SMILES string of the molecule is CC(=O)c1c(C)cc(C)c(CSc2nc3ccccc3o2)c1C. The number of aromatic nitrogens is 1. The number of fused-ring (bicyclic) bond motifs is 1. The van der Waals surface area contributed by atoms with Crippen LogP contribution in [0.15, 0.2) is 40.0 Å². The Balaban J connectivity index is 1.90. The number of thioether (sulfide) groups is 1. The van der Waals surface area contributed by atoms with Crippen molar-refractivity contribution in [3.8, 4) is 0 Å². The Kier molecular flexibility index (Phi) is 4.26. The van der Waals surface area contributed by atoms with Gasteiger partial charge in [0.1, 0.15) is 5.52 Å². The Morgan fingerprint density at radius 1 is 1.17 bits per heavy atom. The summed E-state index contributed by atoms with van der Waals surface area (Å²) >= 11 is 1.56. The number of benzene rings is 2. The zero-order valence-corrected chi connectivity index (χ0v) is 14.6. The van der Waals surface area contributed by atoms with Gasteiger partial charge in [-0.1, -0.05) is 30.0 Å². The molecule has 0 aliphatic rings. The number of ketones is 1. The smallest absolute Gasteiger partial charge is 0.257 e. The molecule has 0 unspecified atom stereocenters. The number of para-hydroxylation sites is 2. The van der Waals surface area contributed by atoms with Crippen molar-refractivity contribution in [1.29, 1.82) is 0 Å². The summed E-state index contributed by atoms with van der Waals surface area (Å²) in [5.41, 5.74) is 7.01. The molecule has 0 N–H and O–H groups in total. The molecule has 1 aromatic heterocycles. The molecule has 3 aromatic rings. The monoisotopic (exact) mass is 325 g/mol. The summed E-state index contributed by atoms with van der Waals surface area (Å²) in [6.45, 7) is 7.74. The lowest BCUT2D eigenvalue weighted by Gasteiger charge is -2.15. The minimum Gasteiger partial charge on any atom is -0.431 e.